The lowest BCUT2D eigenvalue weighted by Crippen LogP contribution is -2.26. The molecule has 0 bridgehead atoms. The topological polar surface area (TPSA) is 81.4 Å². The van der Waals surface area contributed by atoms with Crippen LogP contribution in [0.3, 0.4) is 0 Å². The molecular formula is C29H37ClN2O4. The highest BCUT2D eigenvalue weighted by molar-refractivity contribution is 6.33. The van der Waals surface area contributed by atoms with E-state index < -0.39 is 5.92 Å². The predicted molar refractivity (Wildman–Crippen MR) is 139 cm³/mol. The van der Waals surface area contributed by atoms with Crippen molar-refractivity contribution in [2.45, 2.75) is 83.5 Å². The number of amides is 1. The van der Waals surface area contributed by atoms with E-state index in [0.717, 1.165) is 48.6 Å². The number of rotatable bonds is 8. The first-order valence-corrected chi connectivity index (χ1v) is 13.8. The van der Waals surface area contributed by atoms with E-state index in [-0.39, 0.29) is 23.7 Å². The maximum Gasteiger partial charge on any atom is 0.308 e. The molecule has 36 heavy (non-hydrogen) atoms. The number of halogens is 1. The van der Waals surface area contributed by atoms with Gasteiger partial charge in [0.2, 0.25) is 5.91 Å². The van der Waals surface area contributed by atoms with Gasteiger partial charge in [-0.25, -0.2) is 0 Å². The molecule has 2 aromatic rings. The van der Waals surface area contributed by atoms with E-state index in [0.29, 0.717) is 41.3 Å². The molecule has 1 aromatic carbocycles. The third-order valence-corrected chi connectivity index (χ3v) is 8.66. The van der Waals surface area contributed by atoms with Crippen LogP contribution in [0.25, 0.3) is 0 Å². The van der Waals surface area contributed by atoms with E-state index in [2.05, 4.69) is 24.3 Å². The third kappa shape index (κ3) is 5.06. The normalized spacial score (nSPS) is 27.7. The maximum absolute atomic E-state index is 13.6. The molecule has 0 unspecified atom stereocenters. The monoisotopic (exact) mass is 512 g/mol. The molecule has 1 amide bonds. The fourth-order valence-electron chi connectivity index (χ4n) is 6.41. The SMILES string of the molecule is COC(=O)[C@H]1C[C@@H](C(=O)Nc2ccc(C)cc2Cl)[C@H](c2noc(C3CC(CC(C)C)C3)c2C2CC2)C1. The van der Waals surface area contributed by atoms with Gasteiger partial charge in [-0.1, -0.05) is 36.7 Å². The molecule has 6 nitrogen and oxygen atoms in total. The number of hydrogen-bond donors (Lipinski definition) is 1. The summed E-state index contributed by atoms with van der Waals surface area (Å²) in [5.74, 6) is 2.04. The van der Waals surface area contributed by atoms with Crippen LogP contribution in [0.5, 0.6) is 0 Å². The minimum absolute atomic E-state index is 0.135. The Kier molecular flexibility index (Phi) is 7.17. The van der Waals surface area contributed by atoms with Crippen LogP contribution in [0.15, 0.2) is 22.7 Å². The fourth-order valence-corrected chi connectivity index (χ4v) is 6.69. The second-order valence-electron chi connectivity index (χ2n) is 11.7. The van der Waals surface area contributed by atoms with Gasteiger partial charge >= 0.3 is 5.97 Å². The standard InChI is InChI=1S/C29H37ClN2O4/c1-15(2)9-17-11-19(12-17)27-25(18-6-7-18)26(32-36-27)21-13-20(29(34)35-4)14-22(21)28(33)31-24-8-5-16(3)10-23(24)30/h5,8,10,15,17-22H,6-7,9,11-14H2,1-4H3,(H,31,33)/t17?,19?,20-,21-,22-/m1/s1. The third-order valence-electron chi connectivity index (χ3n) is 8.35. The first kappa shape index (κ1) is 25.3. The number of esters is 1. The Morgan fingerprint density at radius 2 is 1.92 bits per heavy atom. The summed E-state index contributed by atoms with van der Waals surface area (Å²) in [6.45, 7) is 6.52. The summed E-state index contributed by atoms with van der Waals surface area (Å²) >= 11 is 6.40. The molecule has 7 heteroatoms. The van der Waals surface area contributed by atoms with Crippen molar-refractivity contribution in [3.63, 3.8) is 0 Å². The number of hydrogen-bond acceptors (Lipinski definition) is 5. The van der Waals surface area contributed by atoms with E-state index in [1.807, 2.05) is 25.1 Å². The highest BCUT2D eigenvalue weighted by Gasteiger charge is 2.48. The fraction of sp³-hybridized carbons (Fsp3) is 0.621. The summed E-state index contributed by atoms with van der Waals surface area (Å²) in [4.78, 5) is 26.1. The van der Waals surface area contributed by atoms with Gasteiger partial charge in [0.05, 0.1) is 29.4 Å². The predicted octanol–water partition coefficient (Wildman–Crippen LogP) is 6.98. The lowest BCUT2D eigenvalue weighted by molar-refractivity contribution is -0.145. The molecule has 3 fully saturated rings. The minimum atomic E-state index is -0.406. The average molecular weight is 513 g/mol. The van der Waals surface area contributed by atoms with Crippen molar-refractivity contribution >= 4 is 29.2 Å². The van der Waals surface area contributed by atoms with Gasteiger partial charge in [0.1, 0.15) is 5.76 Å². The molecular weight excluding hydrogens is 476 g/mol. The van der Waals surface area contributed by atoms with Crippen LogP contribution in [0.1, 0.15) is 99.1 Å². The van der Waals surface area contributed by atoms with Crippen molar-refractivity contribution < 1.29 is 18.8 Å². The quantitative estimate of drug-likeness (QED) is 0.386. The first-order chi connectivity index (χ1) is 17.2. The number of aryl methyl sites for hydroxylation is 1. The second-order valence-corrected chi connectivity index (χ2v) is 12.1. The molecule has 0 radical (unpaired) electrons. The molecule has 1 aromatic heterocycles. The van der Waals surface area contributed by atoms with Gasteiger partial charge < -0.3 is 14.6 Å². The van der Waals surface area contributed by atoms with Crippen LogP contribution < -0.4 is 5.32 Å². The maximum atomic E-state index is 13.6. The molecule has 194 valence electrons. The first-order valence-electron chi connectivity index (χ1n) is 13.4. The van der Waals surface area contributed by atoms with Crippen molar-refractivity contribution in [3.8, 4) is 0 Å². The number of nitrogens with one attached hydrogen (secondary N) is 1. The number of carbonyl (C=O) groups excluding carboxylic acids is 2. The lowest BCUT2D eigenvalue weighted by atomic mass is 9.69. The van der Waals surface area contributed by atoms with Crippen LogP contribution in [0.2, 0.25) is 5.02 Å². The number of carbonyl (C=O) groups is 2. The Bertz CT molecular complexity index is 1130. The summed E-state index contributed by atoms with van der Waals surface area (Å²) in [6, 6.07) is 5.58. The largest absolute Gasteiger partial charge is 0.469 e. The van der Waals surface area contributed by atoms with Crippen molar-refractivity contribution in [1.29, 1.82) is 0 Å². The Balaban J connectivity index is 1.41. The minimum Gasteiger partial charge on any atom is -0.469 e. The molecule has 0 saturated heterocycles. The Morgan fingerprint density at radius 3 is 2.56 bits per heavy atom. The van der Waals surface area contributed by atoms with Gasteiger partial charge in [0.25, 0.3) is 0 Å². The average Bonchev–Trinajstić information content (AvgIpc) is 3.40. The van der Waals surface area contributed by atoms with Crippen molar-refractivity contribution in [1.82, 2.24) is 5.16 Å². The summed E-state index contributed by atoms with van der Waals surface area (Å²) < 4.78 is 11.1. The highest BCUT2D eigenvalue weighted by Crippen LogP contribution is 2.55. The number of nitrogens with zero attached hydrogens (tertiary/aromatic N) is 1. The number of aromatic nitrogens is 1. The Morgan fingerprint density at radius 1 is 1.17 bits per heavy atom. The van der Waals surface area contributed by atoms with Crippen LogP contribution >= 0.6 is 11.6 Å². The Hall–Kier alpha value is -2.34. The summed E-state index contributed by atoms with van der Waals surface area (Å²) in [5.41, 5.74) is 3.73. The summed E-state index contributed by atoms with van der Waals surface area (Å²) in [7, 11) is 1.41. The number of ether oxygens (including phenoxy) is 1. The molecule has 0 aliphatic heterocycles. The van der Waals surface area contributed by atoms with Gasteiger partial charge in [-0.15, -0.1) is 0 Å². The molecule has 3 saturated carbocycles. The summed E-state index contributed by atoms with van der Waals surface area (Å²) in [5, 5.41) is 8.12. The van der Waals surface area contributed by atoms with E-state index >= 15 is 0 Å². The second kappa shape index (κ2) is 10.2. The molecule has 3 atom stereocenters. The van der Waals surface area contributed by atoms with Gasteiger partial charge in [0.15, 0.2) is 0 Å². The van der Waals surface area contributed by atoms with E-state index in [1.165, 1.54) is 19.1 Å². The van der Waals surface area contributed by atoms with E-state index in [9.17, 15) is 9.59 Å². The van der Waals surface area contributed by atoms with Gasteiger partial charge in [-0.2, -0.15) is 0 Å². The van der Waals surface area contributed by atoms with Crippen LogP contribution in [-0.2, 0) is 14.3 Å². The van der Waals surface area contributed by atoms with Crippen LogP contribution in [0.4, 0.5) is 5.69 Å². The molecule has 3 aliphatic carbocycles. The molecule has 3 aliphatic rings. The van der Waals surface area contributed by atoms with Crippen molar-refractivity contribution in [2.75, 3.05) is 12.4 Å². The van der Waals surface area contributed by atoms with Crippen LogP contribution in [0, 0.1) is 30.6 Å². The molecule has 5 rings (SSSR count). The highest BCUT2D eigenvalue weighted by atomic mass is 35.5. The zero-order valence-electron chi connectivity index (χ0n) is 21.7. The molecule has 1 heterocycles. The zero-order valence-corrected chi connectivity index (χ0v) is 22.4. The van der Waals surface area contributed by atoms with Gasteiger partial charge in [-0.3, -0.25) is 9.59 Å². The van der Waals surface area contributed by atoms with Crippen molar-refractivity contribution in [3.05, 3.63) is 45.8 Å². The summed E-state index contributed by atoms with van der Waals surface area (Å²) in [6.07, 6.45) is 6.79. The Labute approximate surface area is 218 Å². The smallest absolute Gasteiger partial charge is 0.308 e. The van der Waals surface area contributed by atoms with Crippen LogP contribution in [-0.4, -0.2) is 24.1 Å². The molecule has 0 spiro atoms. The lowest BCUT2D eigenvalue weighted by Gasteiger charge is -2.35. The van der Waals surface area contributed by atoms with Crippen molar-refractivity contribution in [2.24, 2.45) is 23.7 Å². The van der Waals surface area contributed by atoms with Gasteiger partial charge in [0, 0.05) is 23.3 Å². The number of methoxy groups -OCH3 is 1. The number of benzene rings is 1. The van der Waals surface area contributed by atoms with E-state index in [1.54, 1.807) is 0 Å². The van der Waals surface area contributed by atoms with Gasteiger partial charge in [-0.05, 0) is 87.3 Å². The molecule has 1 N–H and O–H groups in total. The number of anilines is 1. The zero-order chi connectivity index (χ0) is 25.6. The van der Waals surface area contributed by atoms with E-state index in [4.69, 9.17) is 20.9 Å².